The summed E-state index contributed by atoms with van der Waals surface area (Å²) in [7, 11) is 0. The number of rotatable bonds is 2. The van der Waals surface area contributed by atoms with Gasteiger partial charge in [0, 0.05) is 0 Å². The average Bonchev–Trinajstić information content (AvgIpc) is 2.04. The maximum atomic E-state index is 9.31. The van der Waals surface area contributed by atoms with Crippen molar-refractivity contribution in [1.82, 2.24) is 0 Å². The summed E-state index contributed by atoms with van der Waals surface area (Å²) in [6.45, 7) is 7.35. The molecular weight excluding hydrogens is 162 g/mol. The van der Waals surface area contributed by atoms with Crippen molar-refractivity contribution in [2.45, 2.75) is 27.7 Å². The van der Waals surface area contributed by atoms with Crippen LogP contribution in [0.1, 0.15) is 27.7 Å². The highest BCUT2D eigenvalue weighted by atomic mass is 16.3. The van der Waals surface area contributed by atoms with E-state index in [0.29, 0.717) is 5.57 Å². The number of nitriles is 1. The smallest absolute Gasteiger partial charge is 0.114 e. The summed E-state index contributed by atoms with van der Waals surface area (Å²) in [4.78, 5) is 0. The molecule has 13 heavy (non-hydrogen) atoms. The first-order valence-corrected chi connectivity index (χ1v) is 4.11. The van der Waals surface area contributed by atoms with Crippen LogP contribution < -0.4 is 0 Å². The van der Waals surface area contributed by atoms with Gasteiger partial charge in [0.1, 0.15) is 5.76 Å². The van der Waals surface area contributed by atoms with E-state index in [2.05, 4.69) is 6.07 Å². The van der Waals surface area contributed by atoms with Crippen LogP contribution in [0.2, 0.25) is 0 Å². The number of hydrogen-bond donors (Lipinski definition) is 1. The zero-order valence-electron chi connectivity index (χ0n) is 8.55. The molecule has 0 amide bonds. The molecule has 0 aromatic rings. The summed E-state index contributed by atoms with van der Waals surface area (Å²) in [6.07, 6.45) is 3.17. The minimum Gasteiger partial charge on any atom is -0.508 e. The molecule has 0 radical (unpaired) electrons. The van der Waals surface area contributed by atoms with E-state index in [-0.39, 0.29) is 5.76 Å². The largest absolute Gasteiger partial charge is 0.508 e. The van der Waals surface area contributed by atoms with E-state index < -0.39 is 0 Å². The second-order valence-corrected chi connectivity index (χ2v) is 3.24. The molecule has 0 aromatic carbocycles. The Morgan fingerprint density at radius 2 is 1.62 bits per heavy atom. The van der Waals surface area contributed by atoms with Crippen LogP contribution in [0.25, 0.3) is 0 Å². The Balaban J connectivity index is 4.75. The zero-order valence-corrected chi connectivity index (χ0v) is 8.55. The monoisotopic (exact) mass is 177 g/mol. The van der Waals surface area contributed by atoms with Gasteiger partial charge in [-0.3, -0.25) is 0 Å². The van der Waals surface area contributed by atoms with Crippen LogP contribution in [0.15, 0.2) is 34.6 Å². The third-order valence-electron chi connectivity index (χ3n) is 1.58. The van der Waals surface area contributed by atoms with Crippen LogP contribution in [0.5, 0.6) is 0 Å². The summed E-state index contributed by atoms with van der Waals surface area (Å²) in [6, 6.07) is 2.05. The normalized spacial score (nSPS) is 9.46. The van der Waals surface area contributed by atoms with Crippen molar-refractivity contribution in [3.8, 4) is 6.07 Å². The Morgan fingerprint density at radius 1 is 1.08 bits per heavy atom. The molecule has 0 atom stereocenters. The van der Waals surface area contributed by atoms with Gasteiger partial charge in [0.2, 0.25) is 0 Å². The highest BCUT2D eigenvalue weighted by molar-refractivity contribution is 5.38. The molecule has 0 saturated carbocycles. The predicted octanol–water partition coefficient (Wildman–Crippen LogP) is 3.25. The maximum absolute atomic E-state index is 9.31. The van der Waals surface area contributed by atoms with Crippen LogP contribution in [-0.2, 0) is 0 Å². The molecule has 2 nitrogen and oxygen atoms in total. The number of hydrogen-bond acceptors (Lipinski definition) is 2. The van der Waals surface area contributed by atoms with Crippen molar-refractivity contribution in [3.05, 3.63) is 34.6 Å². The van der Waals surface area contributed by atoms with Crippen molar-refractivity contribution >= 4 is 0 Å². The molecule has 0 unspecified atom stereocenters. The van der Waals surface area contributed by atoms with Gasteiger partial charge in [-0.2, -0.15) is 5.26 Å². The molecule has 2 heteroatoms. The minimum atomic E-state index is 0.217. The summed E-state index contributed by atoms with van der Waals surface area (Å²) in [5.41, 5.74) is 2.37. The van der Waals surface area contributed by atoms with Crippen LogP contribution in [0, 0.1) is 11.3 Å². The van der Waals surface area contributed by atoms with Crippen molar-refractivity contribution < 1.29 is 5.11 Å². The number of aliphatic hydroxyl groups excluding tert-OH is 1. The molecule has 0 aliphatic rings. The molecule has 0 fully saturated rings. The standard InChI is InChI=1S/C11H15NO/c1-8(2)10(7-12)5-6-11(13)9(3)4/h5-6,13H,1-4H3/b6-5-. The minimum absolute atomic E-state index is 0.217. The highest BCUT2D eigenvalue weighted by Gasteiger charge is 1.93. The molecule has 0 bridgehead atoms. The lowest BCUT2D eigenvalue weighted by Gasteiger charge is -1.95. The SMILES string of the molecule is CC(C)=C(O)/C=C\C(C#N)=C(C)C. The topological polar surface area (TPSA) is 44.0 Å². The quantitative estimate of drug-likeness (QED) is 0.399. The van der Waals surface area contributed by atoms with Crippen LogP contribution in [-0.4, -0.2) is 5.11 Å². The molecule has 0 rings (SSSR count). The van der Waals surface area contributed by atoms with Crippen LogP contribution in [0.4, 0.5) is 0 Å². The lowest BCUT2D eigenvalue weighted by atomic mass is 10.1. The van der Waals surface area contributed by atoms with Crippen molar-refractivity contribution in [2.24, 2.45) is 0 Å². The van der Waals surface area contributed by atoms with Gasteiger partial charge in [-0.25, -0.2) is 0 Å². The fourth-order valence-electron chi connectivity index (χ4n) is 0.645. The van der Waals surface area contributed by atoms with E-state index in [1.54, 1.807) is 12.2 Å². The van der Waals surface area contributed by atoms with Crippen molar-refractivity contribution in [2.75, 3.05) is 0 Å². The predicted molar refractivity (Wildman–Crippen MR) is 54.1 cm³/mol. The molecule has 0 saturated heterocycles. The fraction of sp³-hybridized carbons (Fsp3) is 0.364. The van der Waals surface area contributed by atoms with E-state index in [1.807, 2.05) is 27.7 Å². The second kappa shape index (κ2) is 5.21. The molecule has 0 heterocycles. The molecule has 70 valence electrons. The Kier molecular flexibility index (Phi) is 4.61. The van der Waals surface area contributed by atoms with Gasteiger partial charge in [0.05, 0.1) is 11.6 Å². The van der Waals surface area contributed by atoms with Gasteiger partial charge < -0.3 is 5.11 Å². The summed E-state index contributed by atoms with van der Waals surface area (Å²) in [5.74, 6) is 0.217. The third-order valence-corrected chi connectivity index (χ3v) is 1.58. The van der Waals surface area contributed by atoms with Gasteiger partial charge in [-0.05, 0) is 45.4 Å². The Morgan fingerprint density at radius 3 is 1.92 bits per heavy atom. The van der Waals surface area contributed by atoms with E-state index in [0.717, 1.165) is 11.1 Å². The van der Waals surface area contributed by atoms with E-state index in [1.165, 1.54) is 0 Å². The van der Waals surface area contributed by atoms with E-state index >= 15 is 0 Å². The second-order valence-electron chi connectivity index (χ2n) is 3.24. The molecule has 0 aliphatic heterocycles. The highest BCUT2D eigenvalue weighted by Crippen LogP contribution is 2.07. The average molecular weight is 177 g/mol. The third kappa shape index (κ3) is 4.17. The number of nitrogens with zero attached hydrogens (tertiary/aromatic N) is 1. The van der Waals surface area contributed by atoms with Crippen LogP contribution >= 0.6 is 0 Å². The summed E-state index contributed by atoms with van der Waals surface area (Å²) in [5, 5.41) is 18.0. The lowest BCUT2D eigenvalue weighted by Crippen LogP contribution is -1.81. The molecule has 0 aliphatic carbocycles. The lowest BCUT2D eigenvalue weighted by molar-refractivity contribution is 0.425. The van der Waals surface area contributed by atoms with Gasteiger partial charge >= 0.3 is 0 Å². The van der Waals surface area contributed by atoms with E-state index in [4.69, 9.17) is 5.26 Å². The first kappa shape index (κ1) is 11.5. The number of allylic oxidation sites excluding steroid dienone is 5. The van der Waals surface area contributed by atoms with E-state index in [9.17, 15) is 5.11 Å². The molecule has 1 N–H and O–H groups in total. The van der Waals surface area contributed by atoms with Gasteiger partial charge in [-0.15, -0.1) is 0 Å². The van der Waals surface area contributed by atoms with Crippen molar-refractivity contribution in [3.63, 3.8) is 0 Å². The summed E-state index contributed by atoms with van der Waals surface area (Å²) < 4.78 is 0. The molecule has 0 aromatic heterocycles. The Hall–Kier alpha value is -1.49. The Labute approximate surface area is 79.5 Å². The summed E-state index contributed by atoms with van der Waals surface area (Å²) >= 11 is 0. The van der Waals surface area contributed by atoms with Gasteiger partial charge in [-0.1, -0.05) is 5.57 Å². The first-order chi connectivity index (χ1) is 5.99. The Bertz CT molecular complexity index is 305. The fourth-order valence-corrected chi connectivity index (χ4v) is 0.645. The zero-order chi connectivity index (χ0) is 10.4. The van der Waals surface area contributed by atoms with Gasteiger partial charge in [0.25, 0.3) is 0 Å². The number of aliphatic hydroxyl groups is 1. The van der Waals surface area contributed by atoms with Crippen molar-refractivity contribution in [1.29, 1.82) is 5.26 Å². The molecule has 0 spiro atoms. The van der Waals surface area contributed by atoms with Crippen LogP contribution in [0.3, 0.4) is 0 Å². The van der Waals surface area contributed by atoms with Gasteiger partial charge in [0.15, 0.2) is 0 Å². The first-order valence-electron chi connectivity index (χ1n) is 4.11. The molecular formula is C11H15NO. The maximum Gasteiger partial charge on any atom is 0.114 e.